The van der Waals surface area contributed by atoms with Crippen molar-refractivity contribution < 1.29 is 9.59 Å². The summed E-state index contributed by atoms with van der Waals surface area (Å²) in [5.41, 5.74) is 0. The summed E-state index contributed by atoms with van der Waals surface area (Å²) in [5, 5.41) is 2.92. The molecular weight excluding hydrogens is 216 g/mol. The topological polar surface area (TPSA) is 49.4 Å². The molecule has 1 saturated heterocycles. The van der Waals surface area contributed by atoms with Gasteiger partial charge in [0.05, 0.1) is 6.04 Å². The van der Waals surface area contributed by atoms with Gasteiger partial charge in [-0.25, -0.2) is 0 Å². The maximum absolute atomic E-state index is 11.8. The van der Waals surface area contributed by atoms with Gasteiger partial charge < -0.3 is 10.2 Å². The fourth-order valence-electron chi connectivity index (χ4n) is 2.42. The van der Waals surface area contributed by atoms with Gasteiger partial charge in [0, 0.05) is 25.4 Å². The van der Waals surface area contributed by atoms with Crippen molar-refractivity contribution in [3.63, 3.8) is 0 Å². The third kappa shape index (κ3) is 2.87. The molecule has 0 bridgehead atoms. The minimum absolute atomic E-state index is 0.00705. The zero-order chi connectivity index (χ0) is 12.4. The Kier molecular flexibility index (Phi) is 3.50. The highest BCUT2D eigenvalue weighted by Crippen LogP contribution is 2.37. The number of carbonyl (C=O) groups is 2. The van der Waals surface area contributed by atoms with E-state index in [1.165, 1.54) is 0 Å². The number of nitrogens with zero attached hydrogens (tertiary/aromatic N) is 1. The summed E-state index contributed by atoms with van der Waals surface area (Å²) in [4.78, 5) is 25.2. The molecule has 17 heavy (non-hydrogen) atoms. The van der Waals surface area contributed by atoms with Crippen molar-refractivity contribution in [2.75, 3.05) is 6.54 Å². The standard InChI is InChI=1S/C13H20N2O2/c1-3-4-5-12(16)14-10-7-13(17)15(8-10)11-6-9(11)2/h3,9-11H,1,4-8H2,2H3,(H,14,16). The van der Waals surface area contributed by atoms with E-state index in [4.69, 9.17) is 0 Å². The van der Waals surface area contributed by atoms with Crippen molar-refractivity contribution in [1.29, 1.82) is 0 Å². The maximum atomic E-state index is 11.8. The fourth-order valence-corrected chi connectivity index (χ4v) is 2.42. The Balaban J connectivity index is 1.78. The minimum Gasteiger partial charge on any atom is -0.351 e. The third-order valence-electron chi connectivity index (χ3n) is 3.57. The highest BCUT2D eigenvalue weighted by Gasteiger charge is 2.44. The molecule has 3 atom stereocenters. The third-order valence-corrected chi connectivity index (χ3v) is 3.57. The van der Waals surface area contributed by atoms with Gasteiger partial charge >= 0.3 is 0 Å². The number of hydrogen-bond acceptors (Lipinski definition) is 2. The van der Waals surface area contributed by atoms with E-state index in [1.807, 2.05) is 4.90 Å². The largest absolute Gasteiger partial charge is 0.351 e. The van der Waals surface area contributed by atoms with Gasteiger partial charge in [0.2, 0.25) is 11.8 Å². The molecule has 1 aliphatic heterocycles. The Bertz CT molecular complexity index is 340. The number of likely N-dealkylation sites (tertiary alicyclic amines) is 1. The molecule has 2 rings (SSSR count). The van der Waals surface area contributed by atoms with Gasteiger partial charge in [0.25, 0.3) is 0 Å². The van der Waals surface area contributed by atoms with E-state index in [2.05, 4.69) is 18.8 Å². The lowest BCUT2D eigenvalue weighted by Crippen LogP contribution is -2.37. The van der Waals surface area contributed by atoms with Gasteiger partial charge in [0.1, 0.15) is 0 Å². The van der Waals surface area contributed by atoms with Gasteiger partial charge in [0.15, 0.2) is 0 Å². The van der Waals surface area contributed by atoms with Crippen molar-refractivity contribution in [2.45, 2.75) is 44.7 Å². The molecule has 3 unspecified atom stereocenters. The number of nitrogens with one attached hydrogen (secondary N) is 1. The smallest absolute Gasteiger partial charge is 0.225 e. The molecule has 0 spiro atoms. The lowest BCUT2D eigenvalue weighted by atomic mass is 10.2. The van der Waals surface area contributed by atoms with Crippen molar-refractivity contribution in [3.05, 3.63) is 12.7 Å². The predicted octanol–water partition coefficient (Wildman–Crippen LogP) is 1.08. The van der Waals surface area contributed by atoms with Crippen LogP contribution in [0.5, 0.6) is 0 Å². The van der Waals surface area contributed by atoms with E-state index in [9.17, 15) is 9.59 Å². The zero-order valence-electron chi connectivity index (χ0n) is 10.3. The second-order valence-electron chi connectivity index (χ2n) is 5.12. The van der Waals surface area contributed by atoms with Crippen LogP contribution in [0.15, 0.2) is 12.7 Å². The lowest BCUT2D eigenvalue weighted by molar-refractivity contribution is -0.128. The molecule has 0 aromatic rings. The second kappa shape index (κ2) is 4.90. The van der Waals surface area contributed by atoms with Crippen LogP contribution < -0.4 is 5.32 Å². The average Bonchev–Trinajstić information content (AvgIpc) is 2.88. The van der Waals surface area contributed by atoms with Gasteiger partial charge in [-0.2, -0.15) is 0 Å². The first-order valence-electron chi connectivity index (χ1n) is 6.31. The van der Waals surface area contributed by atoms with E-state index < -0.39 is 0 Å². The molecule has 1 aliphatic carbocycles. The first-order chi connectivity index (χ1) is 8.11. The Labute approximate surface area is 102 Å². The van der Waals surface area contributed by atoms with Crippen molar-refractivity contribution >= 4 is 11.8 Å². The lowest BCUT2D eigenvalue weighted by Gasteiger charge is -2.16. The van der Waals surface area contributed by atoms with E-state index in [1.54, 1.807) is 6.08 Å². The first-order valence-corrected chi connectivity index (χ1v) is 6.31. The monoisotopic (exact) mass is 236 g/mol. The first kappa shape index (κ1) is 12.1. The minimum atomic E-state index is 0.00705. The molecule has 0 aromatic heterocycles. The summed E-state index contributed by atoms with van der Waals surface area (Å²) in [5.74, 6) is 0.843. The van der Waals surface area contributed by atoms with Gasteiger partial charge in [-0.1, -0.05) is 13.0 Å². The molecular formula is C13H20N2O2. The van der Waals surface area contributed by atoms with Crippen LogP contribution in [0.25, 0.3) is 0 Å². The highest BCUT2D eigenvalue weighted by molar-refractivity contribution is 5.82. The molecule has 4 nitrogen and oxygen atoms in total. The summed E-state index contributed by atoms with van der Waals surface area (Å²) >= 11 is 0. The predicted molar refractivity (Wildman–Crippen MR) is 65.3 cm³/mol. The van der Waals surface area contributed by atoms with Crippen LogP contribution in [0.4, 0.5) is 0 Å². The fraction of sp³-hybridized carbons (Fsp3) is 0.692. The SMILES string of the molecule is C=CCCC(=O)NC1CC(=O)N(C2CC2C)C1. The highest BCUT2D eigenvalue weighted by atomic mass is 16.2. The van der Waals surface area contributed by atoms with Crippen LogP contribution in [0, 0.1) is 5.92 Å². The van der Waals surface area contributed by atoms with Gasteiger partial charge in [-0.15, -0.1) is 6.58 Å². The van der Waals surface area contributed by atoms with E-state index in [0.29, 0.717) is 37.8 Å². The van der Waals surface area contributed by atoms with Crippen LogP contribution >= 0.6 is 0 Å². The summed E-state index contributed by atoms with van der Waals surface area (Å²) < 4.78 is 0. The Morgan fingerprint density at radius 1 is 1.65 bits per heavy atom. The molecule has 2 aliphatic rings. The summed E-state index contributed by atoms with van der Waals surface area (Å²) in [6.45, 7) is 6.43. The average molecular weight is 236 g/mol. The van der Waals surface area contributed by atoms with Crippen LogP contribution in [-0.4, -0.2) is 35.3 Å². The molecule has 2 fully saturated rings. The number of amides is 2. The van der Waals surface area contributed by atoms with Crippen LogP contribution in [0.1, 0.15) is 32.6 Å². The van der Waals surface area contributed by atoms with Gasteiger partial charge in [-0.05, 0) is 18.8 Å². The number of hydrogen-bond donors (Lipinski definition) is 1. The van der Waals surface area contributed by atoms with Crippen LogP contribution in [0.2, 0.25) is 0 Å². The molecule has 0 aromatic carbocycles. The Hall–Kier alpha value is -1.32. The van der Waals surface area contributed by atoms with Gasteiger partial charge in [-0.3, -0.25) is 9.59 Å². The molecule has 94 valence electrons. The summed E-state index contributed by atoms with van der Waals surface area (Å²) in [6, 6.07) is 0.435. The van der Waals surface area contributed by atoms with E-state index in [0.717, 1.165) is 6.42 Å². The van der Waals surface area contributed by atoms with Crippen molar-refractivity contribution in [1.82, 2.24) is 10.2 Å². The molecule has 1 N–H and O–H groups in total. The molecule has 1 heterocycles. The van der Waals surface area contributed by atoms with Crippen LogP contribution in [-0.2, 0) is 9.59 Å². The molecule has 2 amide bonds. The summed E-state index contributed by atoms with van der Waals surface area (Å²) in [7, 11) is 0. The second-order valence-corrected chi connectivity index (χ2v) is 5.12. The molecule has 0 radical (unpaired) electrons. The summed E-state index contributed by atoms with van der Waals surface area (Å²) in [6.07, 6.45) is 4.47. The number of rotatable bonds is 5. The number of allylic oxidation sites excluding steroid dienone is 1. The Morgan fingerprint density at radius 2 is 2.35 bits per heavy atom. The Morgan fingerprint density at radius 3 is 2.94 bits per heavy atom. The van der Waals surface area contributed by atoms with E-state index in [-0.39, 0.29) is 17.9 Å². The number of carbonyl (C=O) groups excluding carboxylic acids is 2. The normalized spacial score (nSPS) is 31.5. The van der Waals surface area contributed by atoms with E-state index >= 15 is 0 Å². The van der Waals surface area contributed by atoms with Crippen molar-refractivity contribution in [2.24, 2.45) is 5.92 Å². The molecule has 4 heteroatoms. The molecule has 1 saturated carbocycles. The maximum Gasteiger partial charge on any atom is 0.225 e. The quantitative estimate of drug-likeness (QED) is 0.726. The van der Waals surface area contributed by atoms with Crippen LogP contribution in [0.3, 0.4) is 0 Å². The zero-order valence-corrected chi connectivity index (χ0v) is 10.3. The van der Waals surface area contributed by atoms with Crippen molar-refractivity contribution in [3.8, 4) is 0 Å².